The average molecular weight is 969 g/mol. The number of aliphatic hydroxyl groups is 1. The maximum Gasteiger partial charge on any atom is 0.344 e. The fourth-order valence-corrected chi connectivity index (χ4v) is 8.14. The van der Waals surface area contributed by atoms with Crippen molar-refractivity contribution in [1.82, 2.24) is 5.32 Å². The van der Waals surface area contributed by atoms with Crippen molar-refractivity contribution in [2.24, 2.45) is 28.4 Å². The van der Waals surface area contributed by atoms with E-state index in [1.54, 1.807) is 12.1 Å². The molecule has 4 unspecified atom stereocenters. The fourth-order valence-electron chi connectivity index (χ4n) is 7.11. The summed E-state index contributed by atoms with van der Waals surface area (Å²) in [4.78, 5) is 25.2. The lowest BCUT2D eigenvalue weighted by atomic mass is 9.79. The molecule has 67 heavy (non-hydrogen) atoms. The van der Waals surface area contributed by atoms with Gasteiger partial charge in [-0.1, -0.05) is 89.0 Å². The van der Waals surface area contributed by atoms with Crippen molar-refractivity contribution in [3.05, 3.63) is 75.6 Å². The number of carbonyl (C=O) groups excluding carboxylic acids is 2. The minimum Gasteiger partial charge on any atom is -0.486 e. The monoisotopic (exact) mass is 969 g/mol. The van der Waals surface area contributed by atoms with Crippen LogP contribution in [0.5, 0.6) is 28.7 Å². The van der Waals surface area contributed by atoms with Gasteiger partial charge in [-0.15, -0.1) is 0 Å². The summed E-state index contributed by atoms with van der Waals surface area (Å²) in [6, 6.07) is 6.16. The van der Waals surface area contributed by atoms with Gasteiger partial charge in [0.1, 0.15) is 13.2 Å². The van der Waals surface area contributed by atoms with Crippen molar-refractivity contribution in [2.45, 2.75) is 133 Å². The Morgan fingerprint density at radius 2 is 1.19 bits per heavy atom. The minimum atomic E-state index is -2.35. The molecule has 376 valence electrons. The third kappa shape index (κ3) is 14.3. The van der Waals surface area contributed by atoms with Crippen LogP contribution in [0.4, 0.5) is 22.0 Å². The van der Waals surface area contributed by atoms with Crippen LogP contribution in [-0.2, 0) is 4.43 Å². The van der Waals surface area contributed by atoms with Crippen molar-refractivity contribution >= 4 is 20.2 Å². The van der Waals surface area contributed by atoms with Crippen LogP contribution in [0.1, 0.15) is 121 Å². The van der Waals surface area contributed by atoms with Gasteiger partial charge in [0.05, 0.1) is 18.8 Å². The molecule has 0 saturated heterocycles. The van der Waals surface area contributed by atoms with Gasteiger partial charge >= 0.3 is 5.97 Å². The van der Waals surface area contributed by atoms with E-state index in [-0.39, 0.29) is 59.2 Å². The fraction of sp³-hybridized carbons (Fsp3) is 0.600. The Labute approximate surface area is 394 Å². The first kappa shape index (κ1) is 56.9. The van der Waals surface area contributed by atoms with E-state index in [1.165, 1.54) is 25.5 Å². The van der Waals surface area contributed by atoms with Gasteiger partial charge in [-0.3, -0.25) is 4.79 Å². The highest BCUT2D eigenvalue weighted by molar-refractivity contribution is 6.74. The standard InChI is InChI=1S/C23H25F5O5Si.C19H29NO4.C8H19N/c1-11-13(22(29)33-21-18(27)16(25)15(24)17(26)19(21)28)7-8-14-20(11)32-12(9-30-14)10-31-34(5,6)23(2,3)4;1-6-13(19(3,4)5)9-20-18(22)15-7-8-16-17(12(15)2)24-14(10-21)11-23-16;1-5-7(6-9)8(2,3)4/h7-8,12H,9-10H2,1-6H3;7-8,13-14,21H,6,9-11H2,1-5H3,(H,20,22);7H,5-6,9H2,1-4H3. The lowest BCUT2D eigenvalue weighted by Crippen LogP contribution is -2.45. The highest BCUT2D eigenvalue weighted by Crippen LogP contribution is 2.41. The number of ether oxygens (including phenoxy) is 5. The number of amides is 1. The Hall–Kier alpha value is -4.45. The zero-order valence-electron chi connectivity index (χ0n) is 42.0. The molecule has 0 aliphatic carbocycles. The molecule has 0 spiro atoms. The quantitative estimate of drug-likeness (QED) is 0.0400. The van der Waals surface area contributed by atoms with Gasteiger partial charge in [0.2, 0.25) is 34.8 Å². The molecule has 0 saturated carbocycles. The summed E-state index contributed by atoms with van der Waals surface area (Å²) in [6.45, 7) is 33.6. The highest BCUT2D eigenvalue weighted by Gasteiger charge is 2.39. The van der Waals surface area contributed by atoms with Gasteiger partial charge in [0.25, 0.3) is 5.91 Å². The molecule has 3 aromatic rings. The highest BCUT2D eigenvalue weighted by atomic mass is 28.4. The number of aliphatic hydroxyl groups excluding tert-OH is 1. The van der Waals surface area contributed by atoms with Gasteiger partial charge in [0, 0.05) is 23.2 Å². The smallest absolute Gasteiger partial charge is 0.344 e. The van der Waals surface area contributed by atoms with Gasteiger partial charge in [-0.25, -0.2) is 18.0 Å². The molecule has 2 heterocycles. The normalized spacial score (nSPS) is 16.7. The second-order valence-corrected chi connectivity index (χ2v) is 25.5. The van der Waals surface area contributed by atoms with Crippen LogP contribution in [-0.4, -0.2) is 77.0 Å². The van der Waals surface area contributed by atoms with Gasteiger partial charge in [-0.05, 0) is 85.5 Å². The number of nitrogens with one attached hydrogen (secondary N) is 1. The summed E-state index contributed by atoms with van der Waals surface area (Å²) < 4.78 is 102. The van der Waals surface area contributed by atoms with Gasteiger partial charge in [0.15, 0.2) is 43.5 Å². The summed E-state index contributed by atoms with van der Waals surface area (Å²) in [5.74, 6) is -11.6. The summed E-state index contributed by atoms with van der Waals surface area (Å²) in [6.07, 6.45) is 1.34. The molecule has 17 heteroatoms. The third-order valence-electron chi connectivity index (χ3n) is 12.9. The summed E-state index contributed by atoms with van der Waals surface area (Å²) in [7, 11) is -2.06. The van der Waals surface area contributed by atoms with E-state index in [0.717, 1.165) is 18.5 Å². The largest absolute Gasteiger partial charge is 0.486 e. The summed E-state index contributed by atoms with van der Waals surface area (Å²) in [5, 5.41) is 12.3. The number of hydrogen-bond acceptors (Lipinski definition) is 10. The van der Waals surface area contributed by atoms with Crippen LogP contribution < -0.4 is 34.7 Å². The molecule has 1 amide bonds. The molecule has 4 N–H and O–H groups in total. The first-order chi connectivity index (χ1) is 30.9. The van der Waals surface area contributed by atoms with Gasteiger partial charge < -0.3 is 44.3 Å². The van der Waals surface area contributed by atoms with Crippen LogP contribution in [0.3, 0.4) is 0 Å². The predicted octanol–water partition coefficient (Wildman–Crippen LogP) is 11.0. The van der Waals surface area contributed by atoms with Crippen molar-refractivity contribution in [2.75, 3.05) is 39.5 Å². The molecule has 2 aliphatic heterocycles. The molecular formula is C50H73F5N2O9Si. The van der Waals surface area contributed by atoms with E-state index >= 15 is 0 Å². The Balaban J connectivity index is 0.000000312. The maximum absolute atomic E-state index is 13.9. The number of esters is 1. The SMILES string of the molecule is CCC(CN)C(C)(C)C.CCC(CNC(=O)c1ccc2c(c1C)OC(CO)CO2)C(C)(C)C.Cc1c(C(=O)Oc2c(F)c(F)c(F)c(F)c2F)ccc2c1OC(CO[Si](C)(C)C(C)(C)C)CO2. The number of benzene rings is 3. The number of halogens is 5. The van der Waals surface area contributed by atoms with E-state index in [0.29, 0.717) is 53.2 Å². The van der Waals surface area contributed by atoms with E-state index in [1.807, 2.05) is 6.92 Å². The Bertz CT molecular complexity index is 2150. The molecule has 3 aromatic carbocycles. The molecule has 4 atom stereocenters. The number of hydrogen-bond donors (Lipinski definition) is 3. The van der Waals surface area contributed by atoms with Crippen LogP contribution in [0, 0.1) is 65.6 Å². The van der Waals surface area contributed by atoms with Crippen molar-refractivity contribution in [1.29, 1.82) is 0 Å². The van der Waals surface area contributed by atoms with Crippen LogP contribution in [0.15, 0.2) is 24.3 Å². The molecule has 11 nitrogen and oxygen atoms in total. The third-order valence-corrected chi connectivity index (χ3v) is 17.4. The lowest BCUT2D eigenvalue weighted by molar-refractivity contribution is 0.0448. The molecule has 0 radical (unpaired) electrons. The minimum absolute atomic E-state index is 0.0167. The van der Waals surface area contributed by atoms with E-state index < -0.39 is 55.2 Å². The van der Waals surface area contributed by atoms with E-state index in [4.69, 9.17) is 29.1 Å². The predicted molar refractivity (Wildman–Crippen MR) is 251 cm³/mol. The Kier molecular flexibility index (Phi) is 19.7. The van der Waals surface area contributed by atoms with E-state index in [9.17, 15) is 36.6 Å². The molecule has 5 rings (SSSR count). The van der Waals surface area contributed by atoms with Crippen LogP contribution in [0.25, 0.3) is 0 Å². The maximum atomic E-state index is 13.9. The molecule has 0 aromatic heterocycles. The first-order valence-electron chi connectivity index (χ1n) is 22.8. The molecule has 0 bridgehead atoms. The topological polar surface area (TPSA) is 148 Å². The zero-order valence-corrected chi connectivity index (χ0v) is 43.0. The number of carbonyl (C=O) groups is 2. The average Bonchev–Trinajstić information content (AvgIpc) is 3.25. The van der Waals surface area contributed by atoms with Gasteiger partial charge in [-0.2, -0.15) is 8.78 Å². The first-order valence-corrected chi connectivity index (χ1v) is 25.7. The molecule has 2 aliphatic rings. The second kappa shape index (κ2) is 23.2. The van der Waals surface area contributed by atoms with Crippen molar-refractivity contribution in [3.8, 4) is 28.7 Å². The summed E-state index contributed by atoms with van der Waals surface area (Å²) in [5.41, 5.74) is 7.45. The summed E-state index contributed by atoms with van der Waals surface area (Å²) >= 11 is 0. The zero-order chi connectivity index (χ0) is 51.0. The Morgan fingerprint density at radius 1 is 0.746 bits per heavy atom. The van der Waals surface area contributed by atoms with Crippen molar-refractivity contribution in [3.63, 3.8) is 0 Å². The number of nitrogens with two attached hydrogens (primary N) is 1. The molecule has 0 fully saturated rings. The van der Waals surface area contributed by atoms with Crippen LogP contribution >= 0.6 is 0 Å². The Morgan fingerprint density at radius 3 is 1.63 bits per heavy atom. The van der Waals surface area contributed by atoms with Crippen molar-refractivity contribution < 1.29 is 64.8 Å². The van der Waals surface area contributed by atoms with Crippen LogP contribution in [0.2, 0.25) is 18.1 Å². The number of rotatable bonds is 12. The van der Waals surface area contributed by atoms with E-state index in [2.05, 4.69) is 99.3 Å². The molecular weight excluding hydrogens is 896 g/mol. The number of fused-ring (bicyclic) bond motifs is 2. The second-order valence-electron chi connectivity index (χ2n) is 20.7. The lowest BCUT2D eigenvalue weighted by Gasteiger charge is -2.38.